The van der Waals surface area contributed by atoms with Crippen molar-refractivity contribution in [3.8, 4) is 0 Å². The molecule has 0 spiro atoms. The molecule has 1 aliphatic rings. The molecule has 1 heterocycles. The molecule has 66 valence electrons. The molecule has 2 heteroatoms. The fraction of sp³-hybridized carbons (Fsp3) is 1.00. The lowest BCUT2D eigenvalue weighted by molar-refractivity contribution is 0.254. The molecule has 0 bridgehead atoms. The summed E-state index contributed by atoms with van der Waals surface area (Å²) in [6.07, 6.45) is 3.79. The van der Waals surface area contributed by atoms with E-state index in [9.17, 15) is 0 Å². The van der Waals surface area contributed by atoms with Crippen molar-refractivity contribution in [2.24, 2.45) is 5.73 Å². The van der Waals surface area contributed by atoms with Gasteiger partial charge in [0, 0.05) is 12.1 Å². The van der Waals surface area contributed by atoms with Gasteiger partial charge in [-0.2, -0.15) is 0 Å². The first kappa shape index (κ1) is 9.01. The van der Waals surface area contributed by atoms with E-state index < -0.39 is 0 Å². The van der Waals surface area contributed by atoms with Crippen LogP contribution in [0.4, 0.5) is 0 Å². The Morgan fingerprint density at radius 3 is 2.36 bits per heavy atom. The van der Waals surface area contributed by atoms with E-state index in [1.807, 2.05) is 0 Å². The molecule has 1 atom stereocenters. The molecule has 1 fully saturated rings. The van der Waals surface area contributed by atoms with Gasteiger partial charge in [0.15, 0.2) is 0 Å². The van der Waals surface area contributed by atoms with Crippen molar-refractivity contribution in [1.29, 1.82) is 0 Å². The SMILES string of the molecule is CCC(C)(N)CN1CCCC1. The van der Waals surface area contributed by atoms with Gasteiger partial charge in [0.25, 0.3) is 0 Å². The van der Waals surface area contributed by atoms with Crippen LogP contribution in [0.2, 0.25) is 0 Å². The first-order chi connectivity index (χ1) is 5.14. The van der Waals surface area contributed by atoms with Gasteiger partial charge >= 0.3 is 0 Å². The highest BCUT2D eigenvalue weighted by molar-refractivity contribution is 4.82. The number of rotatable bonds is 3. The molecule has 0 amide bonds. The minimum absolute atomic E-state index is 0.0321. The lowest BCUT2D eigenvalue weighted by atomic mass is 10.0. The molecule has 2 nitrogen and oxygen atoms in total. The van der Waals surface area contributed by atoms with Crippen LogP contribution in [-0.2, 0) is 0 Å². The topological polar surface area (TPSA) is 29.3 Å². The molecule has 0 saturated carbocycles. The van der Waals surface area contributed by atoms with Gasteiger partial charge in [-0.15, -0.1) is 0 Å². The van der Waals surface area contributed by atoms with E-state index in [1.54, 1.807) is 0 Å². The highest BCUT2D eigenvalue weighted by atomic mass is 15.2. The van der Waals surface area contributed by atoms with E-state index in [4.69, 9.17) is 5.73 Å². The Morgan fingerprint density at radius 2 is 1.91 bits per heavy atom. The van der Waals surface area contributed by atoms with E-state index in [2.05, 4.69) is 18.7 Å². The quantitative estimate of drug-likeness (QED) is 0.665. The average Bonchev–Trinajstić information content (AvgIpc) is 2.39. The van der Waals surface area contributed by atoms with Gasteiger partial charge in [-0.25, -0.2) is 0 Å². The minimum atomic E-state index is 0.0321. The van der Waals surface area contributed by atoms with Crippen molar-refractivity contribution in [2.45, 2.75) is 38.6 Å². The number of nitrogens with two attached hydrogens (primary N) is 1. The van der Waals surface area contributed by atoms with Crippen LogP contribution < -0.4 is 5.73 Å². The van der Waals surface area contributed by atoms with Gasteiger partial charge < -0.3 is 10.6 Å². The number of likely N-dealkylation sites (tertiary alicyclic amines) is 1. The summed E-state index contributed by atoms with van der Waals surface area (Å²) in [6.45, 7) is 7.89. The molecular weight excluding hydrogens is 136 g/mol. The lowest BCUT2D eigenvalue weighted by Gasteiger charge is -2.28. The summed E-state index contributed by atoms with van der Waals surface area (Å²) in [5.74, 6) is 0. The second-order valence-corrected chi connectivity index (χ2v) is 3.99. The van der Waals surface area contributed by atoms with Crippen molar-refractivity contribution < 1.29 is 0 Å². The molecule has 11 heavy (non-hydrogen) atoms. The predicted octanol–water partition coefficient (Wildman–Crippen LogP) is 1.21. The largest absolute Gasteiger partial charge is 0.324 e. The second-order valence-electron chi connectivity index (χ2n) is 3.99. The van der Waals surface area contributed by atoms with Crippen LogP contribution in [0.25, 0.3) is 0 Å². The average molecular weight is 156 g/mol. The summed E-state index contributed by atoms with van der Waals surface area (Å²) in [5, 5.41) is 0. The maximum absolute atomic E-state index is 6.05. The molecule has 0 aliphatic carbocycles. The van der Waals surface area contributed by atoms with Crippen LogP contribution in [0.1, 0.15) is 33.1 Å². The summed E-state index contributed by atoms with van der Waals surface area (Å²) in [4.78, 5) is 2.48. The second kappa shape index (κ2) is 3.55. The van der Waals surface area contributed by atoms with Gasteiger partial charge in [0.2, 0.25) is 0 Å². The van der Waals surface area contributed by atoms with E-state index in [0.717, 1.165) is 13.0 Å². The van der Waals surface area contributed by atoms with Crippen LogP contribution in [0.3, 0.4) is 0 Å². The molecular formula is C9H20N2. The highest BCUT2D eigenvalue weighted by Crippen LogP contribution is 2.13. The first-order valence-corrected chi connectivity index (χ1v) is 4.65. The normalized spacial score (nSPS) is 25.4. The van der Waals surface area contributed by atoms with E-state index in [0.29, 0.717) is 0 Å². The van der Waals surface area contributed by atoms with Gasteiger partial charge in [-0.1, -0.05) is 6.92 Å². The zero-order chi connectivity index (χ0) is 8.32. The first-order valence-electron chi connectivity index (χ1n) is 4.65. The Kier molecular flexibility index (Phi) is 2.90. The maximum Gasteiger partial charge on any atom is 0.0252 e. The Morgan fingerprint density at radius 1 is 1.36 bits per heavy atom. The summed E-state index contributed by atoms with van der Waals surface area (Å²) in [5.41, 5.74) is 6.09. The Balaban J connectivity index is 2.28. The van der Waals surface area contributed by atoms with Crippen molar-refractivity contribution in [3.63, 3.8) is 0 Å². The van der Waals surface area contributed by atoms with Crippen molar-refractivity contribution in [1.82, 2.24) is 4.90 Å². The third kappa shape index (κ3) is 2.80. The molecule has 1 aliphatic heterocycles. The molecule has 0 radical (unpaired) electrons. The maximum atomic E-state index is 6.05. The molecule has 1 saturated heterocycles. The third-order valence-corrected chi connectivity index (χ3v) is 2.59. The summed E-state index contributed by atoms with van der Waals surface area (Å²) >= 11 is 0. The Hall–Kier alpha value is -0.0800. The third-order valence-electron chi connectivity index (χ3n) is 2.59. The van der Waals surface area contributed by atoms with E-state index in [1.165, 1.54) is 25.9 Å². The van der Waals surface area contributed by atoms with Crippen molar-refractivity contribution in [3.05, 3.63) is 0 Å². The van der Waals surface area contributed by atoms with Gasteiger partial charge in [0.1, 0.15) is 0 Å². The standard InChI is InChI=1S/C9H20N2/c1-3-9(2,10)8-11-6-4-5-7-11/h3-8,10H2,1-2H3. The molecule has 0 aromatic rings. The van der Waals surface area contributed by atoms with E-state index >= 15 is 0 Å². The summed E-state index contributed by atoms with van der Waals surface area (Å²) in [6, 6.07) is 0. The fourth-order valence-corrected chi connectivity index (χ4v) is 1.56. The van der Waals surface area contributed by atoms with E-state index in [-0.39, 0.29) is 5.54 Å². The van der Waals surface area contributed by atoms with Crippen LogP contribution in [-0.4, -0.2) is 30.1 Å². The molecule has 0 aromatic heterocycles. The van der Waals surface area contributed by atoms with Crippen molar-refractivity contribution in [2.75, 3.05) is 19.6 Å². The Bertz CT molecular complexity index is 115. The van der Waals surface area contributed by atoms with Gasteiger partial charge in [0.05, 0.1) is 0 Å². The predicted molar refractivity (Wildman–Crippen MR) is 48.6 cm³/mol. The smallest absolute Gasteiger partial charge is 0.0252 e. The summed E-state index contributed by atoms with van der Waals surface area (Å²) in [7, 11) is 0. The molecule has 1 unspecified atom stereocenters. The number of hydrogen-bond donors (Lipinski definition) is 1. The molecule has 0 aromatic carbocycles. The van der Waals surface area contributed by atoms with Crippen LogP contribution in [0, 0.1) is 0 Å². The highest BCUT2D eigenvalue weighted by Gasteiger charge is 2.21. The monoisotopic (exact) mass is 156 g/mol. The zero-order valence-corrected chi connectivity index (χ0v) is 7.77. The summed E-state index contributed by atoms with van der Waals surface area (Å²) < 4.78 is 0. The Labute approximate surface area is 69.8 Å². The molecule has 2 N–H and O–H groups in total. The van der Waals surface area contributed by atoms with Crippen LogP contribution in [0.5, 0.6) is 0 Å². The van der Waals surface area contributed by atoms with Crippen LogP contribution >= 0.6 is 0 Å². The van der Waals surface area contributed by atoms with Gasteiger partial charge in [-0.3, -0.25) is 0 Å². The van der Waals surface area contributed by atoms with Crippen molar-refractivity contribution >= 4 is 0 Å². The molecule has 1 rings (SSSR count). The zero-order valence-electron chi connectivity index (χ0n) is 7.77. The van der Waals surface area contributed by atoms with Gasteiger partial charge in [-0.05, 0) is 39.3 Å². The van der Waals surface area contributed by atoms with Crippen LogP contribution in [0.15, 0.2) is 0 Å². The lowest BCUT2D eigenvalue weighted by Crippen LogP contribution is -2.46. The minimum Gasteiger partial charge on any atom is -0.324 e. The number of hydrogen-bond acceptors (Lipinski definition) is 2. The number of nitrogens with zero attached hydrogens (tertiary/aromatic N) is 1. The fourth-order valence-electron chi connectivity index (χ4n) is 1.56.